The first kappa shape index (κ1) is 18.3. The van der Waals surface area contributed by atoms with Gasteiger partial charge in [-0.05, 0) is 31.2 Å². The second-order valence-corrected chi connectivity index (χ2v) is 6.56. The molecule has 0 unspecified atom stereocenters. The van der Waals surface area contributed by atoms with Crippen molar-refractivity contribution in [2.75, 3.05) is 17.7 Å². The van der Waals surface area contributed by atoms with E-state index in [9.17, 15) is 4.79 Å². The lowest BCUT2D eigenvalue weighted by molar-refractivity contribution is -0.113. The Balaban J connectivity index is 1.60. The lowest BCUT2D eigenvalue weighted by Gasteiger charge is -2.10. The molecule has 3 aromatic rings. The van der Waals surface area contributed by atoms with Gasteiger partial charge < -0.3 is 10.1 Å². The zero-order valence-electron chi connectivity index (χ0n) is 14.0. The summed E-state index contributed by atoms with van der Waals surface area (Å²) in [6, 6.07) is 14.7. The largest absolute Gasteiger partial charge is 0.492 e. The number of rotatable bonds is 7. The molecule has 1 aromatic heterocycles. The summed E-state index contributed by atoms with van der Waals surface area (Å²) < 4.78 is 5.50. The molecule has 134 valence electrons. The zero-order valence-corrected chi connectivity index (χ0v) is 15.6. The number of amides is 1. The van der Waals surface area contributed by atoms with Crippen LogP contribution >= 0.6 is 23.4 Å². The normalized spacial score (nSPS) is 10.5. The summed E-state index contributed by atoms with van der Waals surface area (Å²) in [7, 11) is 0. The van der Waals surface area contributed by atoms with Gasteiger partial charge in [0.15, 0.2) is 5.82 Å². The topological polar surface area (TPSA) is 79.9 Å². The van der Waals surface area contributed by atoms with Crippen LogP contribution in [0.15, 0.2) is 53.7 Å². The number of nitrogens with one attached hydrogen (secondary N) is 2. The molecule has 0 radical (unpaired) electrons. The molecule has 1 amide bonds. The third kappa shape index (κ3) is 4.56. The summed E-state index contributed by atoms with van der Waals surface area (Å²) in [5.41, 5.74) is 1.41. The molecule has 0 fully saturated rings. The van der Waals surface area contributed by atoms with Gasteiger partial charge in [0.2, 0.25) is 11.1 Å². The minimum Gasteiger partial charge on any atom is -0.492 e. The quantitative estimate of drug-likeness (QED) is 0.591. The predicted octanol–water partition coefficient (Wildman–Crippen LogP) is 4.25. The number of aromatic nitrogens is 3. The number of thioether (sulfide) groups is 1. The van der Waals surface area contributed by atoms with Crippen LogP contribution in [-0.4, -0.2) is 33.4 Å². The first-order valence-electron chi connectivity index (χ1n) is 7.99. The highest BCUT2D eigenvalue weighted by Gasteiger charge is 2.12. The monoisotopic (exact) mass is 388 g/mol. The summed E-state index contributed by atoms with van der Waals surface area (Å²) in [5.74, 6) is 1.24. The van der Waals surface area contributed by atoms with Crippen LogP contribution in [0.3, 0.4) is 0 Å². The maximum absolute atomic E-state index is 12.2. The van der Waals surface area contributed by atoms with E-state index in [0.717, 1.165) is 5.56 Å². The van der Waals surface area contributed by atoms with Crippen molar-refractivity contribution in [3.8, 4) is 17.1 Å². The molecule has 0 atom stereocenters. The van der Waals surface area contributed by atoms with E-state index in [2.05, 4.69) is 20.5 Å². The number of hydrogen-bond acceptors (Lipinski definition) is 5. The van der Waals surface area contributed by atoms with Crippen molar-refractivity contribution < 1.29 is 9.53 Å². The first-order valence-corrected chi connectivity index (χ1v) is 9.35. The molecule has 0 saturated heterocycles. The fraction of sp³-hybridized carbons (Fsp3) is 0.167. The molecular formula is C18H17ClN4O2S. The van der Waals surface area contributed by atoms with Crippen molar-refractivity contribution in [3.63, 3.8) is 0 Å². The highest BCUT2D eigenvalue weighted by molar-refractivity contribution is 7.99. The molecular weight excluding hydrogens is 372 g/mol. The van der Waals surface area contributed by atoms with E-state index >= 15 is 0 Å². The number of H-pyrrole nitrogens is 1. The van der Waals surface area contributed by atoms with Crippen LogP contribution in [0, 0.1) is 0 Å². The Morgan fingerprint density at radius 1 is 1.23 bits per heavy atom. The number of carbonyl (C=O) groups excluding carboxylic acids is 1. The van der Waals surface area contributed by atoms with Gasteiger partial charge in [0.1, 0.15) is 5.75 Å². The number of benzene rings is 2. The zero-order chi connectivity index (χ0) is 18.4. The van der Waals surface area contributed by atoms with E-state index in [-0.39, 0.29) is 11.7 Å². The van der Waals surface area contributed by atoms with E-state index in [1.165, 1.54) is 11.8 Å². The Kier molecular flexibility index (Phi) is 6.14. The number of carbonyl (C=O) groups is 1. The lowest BCUT2D eigenvalue weighted by atomic mass is 10.2. The van der Waals surface area contributed by atoms with Crippen LogP contribution in [0.4, 0.5) is 5.69 Å². The molecule has 0 aliphatic carbocycles. The molecule has 1 heterocycles. The van der Waals surface area contributed by atoms with Crippen molar-refractivity contribution in [2.45, 2.75) is 12.1 Å². The number of nitrogens with zero attached hydrogens (tertiary/aromatic N) is 2. The Morgan fingerprint density at radius 2 is 2.00 bits per heavy atom. The summed E-state index contributed by atoms with van der Waals surface area (Å²) in [4.78, 5) is 16.6. The van der Waals surface area contributed by atoms with Gasteiger partial charge in [-0.25, -0.2) is 4.98 Å². The van der Waals surface area contributed by atoms with Gasteiger partial charge in [-0.2, -0.15) is 0 Å². The Morgan fingerprint density at radius 3 is 2.81 bits per heavy atom. The van der Waals surface area contributed by atoms with E-state index in [0.29, 0.717) is 34.0 Å². The maximum atomic E-state index is 12.2. The molecule has 2 aromatic carbocycles. The minimum atomic E-state index is -0.161. The van der Waals surface area contributed by atoms with Crippen molar-refractivity contribution in [2.24, 2.45) is 0 Å². The van der Waals surface area contributed by atoms with Gasteiger partial charge in [0.25, 0.3) is 0 Å². The van der Waals surface area contributed by atoms with Crippen LogP contribution < -0.4 is 10.1 Å². The summed E-state index contributed by atoms with van der Waals surface area (Å²) in [6.07, 6.45) is 0. The Bertz CT molecular complexity index is 900. The van der Waals surface area contributed by atoms with Crippen molar-refractivity contribution in [1.82, 2.24) is 15.2 Å². The van der Waals surface area contributed by atoms with Gasteiger partial charge >= 0.3 is 0 Å². The van der Waals surface area contributed by atoms with Crippen LogP contribution in [0.25, 0.3) is 11.4 Å². The van der Waals surface area contributed by atoms with E-state index < -0.39 is 0 Å². The summed E-state index contributed by atoms with van der Waals surface area (Å²) in [5, 5.41) is 10.9. The second-order valence-electron chi connectivity index (χ2n) is 5.21. The molecule has 0 bridgehead atoms. The first-order chi connectivity index (χ1) is 12.7. The molecule has 3 rings (SSSR count). The maximum Gasteiger partial charge on any atom is 0.234 e. The standard InChI is InChI=1S/C18H17ClN4O2S/c1-2-25-15-10-6-5-9-14(15)20-16(24)11-26-18-21-17(22-23-18)12-7-3-4-8-13(12)19/h3-10H,2,11H2,1H3,(H,20,24)(H,21,22,23). The molecule has 0 saturated carbocycles. The molecule has 0 aliphatic heterocycles. The van der Waals surface area contributed by atoms with E-state index in [1.807, 2.05) is 43.3 Å². The van der Waals surface area contributed by atoms with Gasteiger partial charge in [0.05, 0.1) is 23.1 Å². The van der Waals surface area contributed by atoms with Gasteiger partial charge in [0, 0.05) is 5.56 Å². The van der Waals surface area contributed by atoms with Crippen LogP contribution in [0.5, 0.6) is 5.75 Å². The number of hydrogen-bond donors (Lipinski definition) is 2. The smallest absolute Gasteiger partial charge is 0.234 e. The molecule has 6 nitrogen and oxygen atoms in total. The summed E-state index contributed by atoms with van der Waals surface area (Å²) >= 11 is 7.39. The lowest BCUT2D eigenvalue weighted by Crippen LogP contribution is -2.15. The SMILES string of the molecule is CCOc1ccccc1NC(=O)CSc1n[nH]c(-c2ccccc2Cl)n1. The summed E-state index contributed by atoms with van der Waals surface area (Å²) in [6.45, 7) is 2.43. The highest BCUT2D eigenvalue weighted by Crippen LogP contribution is 2.27. The molecule has 26 heavy (non-hydrogen) atoms. The predicted molar refractivity (Wildman–Crippen MR) is 104 cm³/mol. The van der Waals surface area contributed by atoms with Crippen LogP contribution in [-0.2, 0) is 4.79 Å². The van der Waals surface area contributed by atoms with E-state index in [4.69, 9.17) is 16.3 Å². The van der Waals surface area contributed by atoms with E-state index in [1.54, 1.807) is 12.1 Å². The average molecular weight is 389 g/mol. The second kappa shape index (κ2) is 8.73. The van der Waals surface area contributed by atoms with Crippen molar-refractivity contribution >= 4 is 35.0 Å². The number of anilines is 1. The fourth-order valence-electron chi connectivity index (χ4n) is 2.25. The Labute approximate surface area is 160 Å². The minimum absolute atomic E-state index is 0.161. The number of halogens is 1. The fourth-order valence-corrected chi connectivity index (χ4v) is 3.08. The van der Waals surface area contributed by atoms with Gasteiger partial charge in [-0.15, -0.1) is 5.10 Å². The number of aromatic amines is 1. The molecule has 0 aliphatic rings. The van der Waals surface area contributed by atoms with Crippen LogP contribution in [0.1, 0.15) is 6.92 Å². The molecule has 8 heteroatoms. The van der Waals surface area contributed by atoms with Crippen molar-refractivity contribution in [3.05, 3.63) is 53.6 Å². The number of ether oxygens (including phenoxy) is 1. The molecule has 0 spiro atoms. The molecule has 2 N–H and O–H groups in total. The third-order valence-electron chi connectivity index (χ3n) is 3.39. The van der Waals surface area contributed by atoms with Crippen LogP contribution in [0.2, 0.25) is 5.02 Å². The highest BCUT2D eigenvalue weighted by atomic mass is 35.5. The van der Waals surface area contributed by atoms with Gasteiger partial charge in [-0.3, -0.25) is 9.89 Å². The van der Waals surface area contributed by atoms with Crippen molar-refractivity contribution in [1.29, 1.82) is 0 Å². The Hall–Kier alpha value is -2.51. The van der Waals surface area contributed by atoms with Gasteiger partial charge in [-0.1, -0.05) is 47.6 Å². The number of para-hydroxylation sites is 2. The average Bonchev–Trinajstić information content (AvgIpc) is 3.11. The third-order valence-corrected chi connectivity index (χ3v) is 4.56.